The van der Waals surface area contributed by atoms with Crippen LogP contribution in [0.1, 0.15) is 12.8 Å². The predicted molar refractivity (Wildman–Crippen MR) is 67.3 cm³/mol. The zero-order valence-corrected chi connectivity index (χ0v) is 10.4. The fraction of sp³-hybridized carbons (Fsp3) is 0.364. The molecule has 0 bridgehead atoms. The summed E-state index contributed by atoms with van der Waals surface area (Å²) in [7, 11) is -1.75. The van der Waals surface area contributed by atoms with E-state index in [9.17, 15) is 8.42 Å². The van der Waals surface area contributed by atoms with Crippen molar-refractivity contribution in [1.82, 2.24) is 4.90 Å². The van der Waals surface area contributed by atoms with E-state index in [4.69, 9.17) is 5.73 Å². The molecule has 2 rings (SSSR count). The zero-order chi connectivity index (χ0) is 12.5. The van der Waals surface area contributed by atoms with Gasteiger partial charge >= 0.3 is 0 Å². The van der Waals surface area contributed by atoms with Gasteiger partial charge in [-0.05, 0) is 30.7 Å². The molecule has 1 fully saturated rings. The average Bonchev–Trinajstić information content (AvgIpc) is 2.64. The summed E-state index contributed by atoms with van der Waals surface area (Å²) in [6, 6.07) is 6.07. The fourth-order valence-electron chi connectivity index (χ4n) is 1.74. The Hall–Kier alpha value is -1.56. The Kier molecular flexibility index (Phi) is 3.06. The molecule has 2 N–H and O–H groups in total. The zero-order valence-electron chi connectivity index (χ0n) is 9.63. The summed E-state index contributed by atoms with van der Waals surface area (Å²) in [5.74, 6) is 0.627. The van der Waals surface area contributed by atoms with Crippen molar-refractivity contribution < 1.29 is 8.42 Å². The maximum Gasteiger partial charge on any atom is 0.283 e. The fourth-order valence-corrected chi connectivity index (χ4v) is 2.83. The lowest BCUT2D eigenvalue weighted by molar-refractivity contribution is 0.548. The summed E-state index contributed by atoms with van der Waals surface area (Å²) in [5.41, 5.74) is 6.05. The minimum Gasteiger partial charge on any atom is -0.399 e. The molecule has 1 aliphatic rings. The van der Waals surface area contributed by atoms with Crippen molar-refractivity contribution in [2.75, 3.05) is 19.3 Å². The molecule has 1 aromatic rings. The number of amidine groups is 1. The van der Waals surface area contributed by atoms with Crippen LogP contribution >= 0.6 is 0 Å². The first-order valence-corrected chi connectivity index (χ1v) is 6.83. The Labute approximate surface area is 101 Å². The molecule has 6 heteroatoms. The first kappa shape index (κ1) is 11.9. The predicted octanol–water partition coefficient (Wildman–Crippen LogP) is 1.08. The number of nitrogen functional groups attached to an aromatic ring is 1. The summed E-state index contributed by atoms with van der Waals surface area (Å²) in [5, 5.41) is 0. The van der Waals surface area contributed by atoms with E-state index in [1.807, 2.05) is 11.9 Å². The molecule has 1 aliphatic heterocycles. The van der Waals surface area contributed by atoms with Gasteiger partial charge < -0.3 is 10.6 Å². The van der Waals surface area contributed by atoms with Gasteiger partial charge in [0.2, 0.25) is 0 Å². The monoisotopic (exact) mass is 253 g/mol. The van der Waals surface area contributed by atoms with E-state index in [1.165, 1.54) is 12.1 Å². The molecule has 0 aliphatic carbocycles. The van der Waals surface area contributed by atoms with Crippen molar-refractivity contribution in [2.24, 2.45) is 4.40 Å². The number of sulfonamides is 1. The molecule has 1 aromatic carbocycles. The Balaban J connectivity index is 2.34. The van der Waals surface area contributed by atoms with Crippen LogP contribution in [-0.2, 0) is 10.0 Å². The third kappa shape index (κ3) is 2.58. The lowest BCUT2D eigenvalue weighted by Gasteiger charge is -2.10. The molecule has 17 heavy (non-hydrogen) atoms. The minimum atomic E-state index is -3.60. The van der Waals surface area contributed by atoms with Gasteiger partial charge in [0.05, 0.1) is 4.90 Å². The average molecular weight is 253 g/mol. The first-order valence-electron chi connectivity index (χ1n) is 5.39. The van der Waals surface area contributed by atoms with Crippen LogP contribution in [0.4, 0.5) is 5.69 Å². The Morgan fingerprint density at radius 2 is 1.94 bits per heavy atom. The number of benzene rings is 1. The summed E-state index contributed by atoms with van der Waals surface area (Å²) < 4.78 is 27.8. The standard InChI is InChI=1S/C11H15N3O2S/c1-14-8-2-3-11(14)13-17(15,16)10-6-4-9(12)5-7-10/h4-7H,2-3,8,12H2,1H3/b13-11-. The van der Waals surface area contributed by atoms with Crippen molar-refractivity contribution in [1.29, 1.82) is 0 Å². The molecule has 0 amide bonds. The number of hydrogen-bond acceptors (Lipinski definition) is 3. The van der Waals surface area contributed by atoms with Crippen LogP contribution in [0, 0.1) is 0 Å². The van der Waals surface area contributed by atoms with Crippen molar-refractivity contribution in [2.45, 2.75) is 17.7 Å². The van der Waals surface area contributed by atoms with Crippen LogP contribution in [0.3, 0.4) is 0 Å². The van der Waals surface area contributed by atoms with Gasteiger partial charge in [0, 0.05) is 25.7 Å². The second-order valence-electron chi connectivity index (χ2n) is 4.08. The normalized spacial score (nSPS) is 18.9. The molecule has 0 saturated carbocycles. The Morgan fingerprint density at radius 1 is 1.29 bits per heavy atom. The minimum absolute atomic E-state index is 0.180. The Bertz CT molecular complexity index is 534. The van der Waals surface area contributed by atoms with Crippen molar-refractivity contribution in [3.63, 3.8) is 0 Å². The van der Waals surface area contributed by atoms with E-state index in [0.29, 0.717) is 17.9 Å². The number of nitrogens with zero attached hydrogens (tertiary/aromatic N) is 2. The first-order chi connectivity index (χ1) is 7.99. The number of anilines is 1. The smallest absolute Gasteiger partial charge is 0.283 e. The third-order valence-electron chi connectivity index (χ3n) is 2.74. The molecule has 1 heterocycles. The van der Waals surface area contributed by atoms with E-state index < -0.39 is 10.0 Å². The summed E-state index contributed by atoms with van der Waals surface area (Å²) in [6.07, 6.45) is 1.66. The van der Waals surface area contributed by atoms with Gasteiger partial charge in [-0.2, -0.15) is 8.42 Å². The molecule has 0 aromatic heterocycles. The molecule has 1 saturated heterocycles. The lowest BCUT2D eigenvalue weighted by Crippen LogP contribution is -2.20. The van der Waals surface area contributed by atoms with Crippen molar-refractivity contribution >= 4 is 21.5 Å². The van der Waals surface area contributed by atoms with Crippen LogP contribution in [-0.4, -0.2) is 32.7 Å². The topological polar surface area (TPSA) is 75.8 Å². The maximum atomic E-state index is 12.0. The summed E-state index contributed by atoms with van der Waals surface area (Å²) in [4.78, 5) is 2.05. The highest BCUT2D eigenvalue weighted by atomic mass is 32.2. The number of hydrogen-bond donors (Lipinski definition) is 1. The van der Waals surface area contributed by atoms with Crippen LogP contribution in [0.5, 0.6) is 0 Å². The van der Waals surface area contributed by atoms with E-state index in [2.05, 4.69) is 4.40 Å². The lowest BCUT2D eigenvalue weighted by atomic mass is 10.3. The number of nitrogens with two attached hydrogens (primary N) is 1. The highest BCUT2D eigenvalue weighted by Crippen LogP contribution is 2.17. The molecule has 0 atom stereocenters. The molecule has 0 radical (unpaired) electrons. The molecular weight excluding hydrogens is 238 g/mol. The van der Waals surface area contributed by atoms with Crippen LogP contribution in [0.2, 0.25) is 0 Å². The van der Waals surface area contributed by atoms with E-state index in [-0.39, 0.29) is 4.90 Å². The van der Waals surface area contributed by atoms with E-state index in [0.717, 1.165) is 13.0 Å². The highest BCUT2D eigenvalue weighted by Gasteiger charge is 2.19. The van der Waals surface area contributed by atoms with Gasteiger partial charge in [-0.1, -0.05) is 0 Å². The molecule has 0 spiro atoms. The van der Waals surface area contributed by atoms with Crippen LogP contribution in [0.15, 0.2) is 33.6 Å². The largest absolute Gasteiger partial charge is 0.399 e. The number of rotatable bonds is 2. The van der Waals surface area contributed by atoms with Crippen LogP contribution < -0.4 is 5.73 Å². The SMILES string of the molecule is CN1CCC/C1=N/S(=O)(=O)c1ccc(N)cc1. The van der Waals surface area contributed by atoms with Gasteiger partial charge in [-0.25, -0.2) is 0 Å². The Morgan fingerprint density at radius 3 is 2.47 bits per heavy atom. The van der Waals surface area contributed by atoms with Gasteiger partial charge in [-0.3, -0.25) is 0 Å². The van der Waals surface area contributed by atoms with Crippen molar-refractivity contribution in [3.8, 4) is 0 Å². The second-order valence-corrected chi connectivity index (χ2v) is 5.68. The summed E-state index contributed by atoms with van der Waals surface area (Å²) >= 11 is 0. The van der Waals surface area contributed by atoms with Gasteiger partial charge in [0.15, 0.2) is 0 Å². The van der Waals surface area contributed by atoms with Crippen LogP contribution in [0.25, 0.3) is 0 Å². The quantitative estimate of drug-likeness (QED) is 0.800. The molecule has 5 nitrogen and oxygen atoms in total. The molecular formula is C11H15N3O2S. The third-order valence-corrected chi connectivity index (χ3v) is 4.06. The van der Waals surface area contributed by atoms with Gasteiger partial charge in [-0.15, -0.1) is 4.40 Å². The van der Waals surface area contributed by atoms with Crippen molar-refractivity contribution in [3.05, 3.63) is 24.3 Å². The molecule has 0 unspecified atom stereocenters. The highest BCUT2D eigenvalue weighted by molar-refractivity contribution is 7.90. The van der Waals surface area contributed by atoms with E-state index >= 15 is 0 Å². The van der Waals surface area contributed by atoms with E-state index in [1.54, 1.807) is 12.1 Å². The second kappa shape index (κ2) is 4.37. The molecule has 92 valence electrons. The number of likely N-dealkylation sites (tertiary alicyclic amines) is 1. The van der Waals surface area contributed by atoms with Gasteiger partial charge in [0.25, 0.3) is 10.0 Å². The summed E-state index contributed by atoms with van der Waals surface area (Å²) in [6.45, 7) is 0.857. The van der Waals surface area contributed by atoms with Gasteiger partial charge in [0.1, 0.15) is 5.84 Å². The maximum absolute atomic E-state index is 12.0.